The SMILES string of the molecule is C.C=CCOC(N)=S.COC(N)=S. The van der Waals surface area contributed by atoms with Gasteiger partial charge in [-0.05, 0) is 24.4 Å². The summed E-state index contributed by atoms with van der Waals surface area (Å²) in [7, 11) is 1.43. The molecule has 0 rings (SSSR count). The van der Waals surface area contributed by atoms with E-state index < -0.39 is 0 Å². The molecule has 78 valence electrons. The van der Waals surface area contributed by atoms with E-state index in [2.05, 4.69) is 40.5 Å². The quantitative estimate of drug-likeness (QED) is 0.537. The zero-order chi connectivity index (χ0) is 9.98. The Morgan fingerprint density at radius 2 is 1.77 bits per heavy atom. The summed E-state index contributed by atoms with van der Waals surface area (Å²) in [6, 6.07) is 0. The van der Waals surface area contributed by atoms with Crippen molar-refractivity contribution in [2.24, 2.45) is 11.5 Å². The number of ether oxygens (including phenoxy) is 2. The summed E-state index contributed by atoms with van der Waals surface area (Å²) in [5.74, 6) is 0. The van der Waals surface area contributed by atoms with Crippen LogP contribution in [0.15, 0.2) is 12.7 Å². The number of methoxy groups -OCH3 is 1. The molecule has 0 bridgehead atoms. The van der Waals surface area contributed by atoms with Crippen molar-refractivity contribution in [2.45, 2.75) is 7.43 Å². The summed E-state index contributed by atoms with van der Waals surface area (Å²) >= 11 is 8.62. The van der Waals surface area contributed by atoms with Gasteiger partial charge in [0, 0.05) is 0 Å². The minimum atomic E-state index is 0. The van der Waals surface area contributed by atoms with Crippen LogP contribution in [-0.4, -0.2) is 24.1 Å². The molecule has 0 saturated heterocycles. The molecule has 0 aromatic carbocycles. The molecule has 4 N–H and O–H groups in total. The van der Waals surface area contributed by atoms with Gasteiger partial charge in [-0.1, -0.05) is 20.1 Å². The largest absolute Gasteiger partial charge is 0.475 e. The van der Waals surface area contributed by atoms with Crippen LogP contribution in [0.1, 0.15) is 7.43 Å². The molecule has 0 saturated carbocycles. The predicted octanol–water partition coefficient (Wildman–Crippen LogP) is 0.945. The normalized spacial score (nSPS) is 6.54. The van der Waals surface area contributed by atoms with Gasteiger partial charge in [0.2, 0.25) is 0 Å². The van der Waals surface area contributed by atoms with Gasteiger partial charge in [0.15, 0.2) is 0 Å². The Kier molecular flexibility index (Phi) is 19.0. The summed E-state index contributed by atoms with van der Waals surface area (Å²) in [4.78, 5) is 0. The minimum Gasteiger partial charge on any atom is -0.475 e. The summed E-state index contributed by atoms with van der Waals surface area (Å²) in [6.45, 7) is 3.79. The van der Waals surface area contributed by atoms with Gasteiger partial charge in [-0.2, -0.15) is 0 Å². The van der Waals surface area contributed by atoms with Gasteiger partial charge in [0.1, 0.15) is 6.61 Å². The van der Waals surface area contributed by atoms with E-state index in [0.29, 0.717) is 6.61 Å². The van der Waals surface area contributed by atoms with Crippen molar-refractivity contribution in [3.05, 3.63) is 12.7 Å². The van der Waals surface area contributed by atoms with Gasteiger partial charge in [-0.25, -0.2) is 0 Å². The lowest BCUT2D eigenvalue weighted by atomic mass is 10.7. The van der Waals surface area contributed by atoms with Crippen molar-refractivity contribution in [3.8, 4) is 0 Å². The molecular weight excluding hydrogens is 208 g/mol. The fourth-order valence-electron chi connectivity index (χ4n) is 0.141. The fourth-order valence-corrected chi connectivity index (χ4v) is 0.209. The van der Waals surface area contributed by atoms with Crippen LogP contribution in [0.3, 0.4) is 0 Å². The summed E-state index contributed by atoms with van der Waals surface area (Å²) in [5, 5.41) is 0.157. The smallest absolute Gasteiger partial charge is 0.254 e. The van der Waals surface area contributed by atoms with Gasteiger partial charge in [-0.3, -0.25) is 0 Å². The average molecular weight is 224 g/mol. The van der Waals surface area contributed by atoms with E-state index in [-0.39, 0.29) is 17.8 Å². The molecule has 0 aliphatic carbocycles. The fraction of sp³-hybridized carbons (Fsp3) is 0.429. The lowest BCUT2D eigenvalue weighted by Gasteiger charge is -1.94. The maximum absolute atomic E-state index is 4.94. The Morgan fingerprint density at radius 1 is 1.38 bits per heavy atom. The van der Waals surface area contributed by atoms with E-state index >= 15 is 0 Å². The van der Waals surface area contributed by atoms with E-state index in [4.69, 9.17) is 11.5 Å². The van der Waals surface area contributed by atoms with E-state index in [9.17, 15) is 0 Å². The lowest BCUT2D eigenvalue weighted by molar-refractivity contribution is 0.355. The molecule has 0 atom stereocenters. The minimum absolute atomic E-state index is 0. The van der Waals surface area contributed by atoms with Crippen molar-refractivity contribution in [2.75, 3.05) is 13.7 Å². The summed E-state index contributed by atoms with van der Waals surface area (Å²) in [5.41, 5.74) is 9.74. The number of rotatable bonds is 2. The Morgan fingerprint density at radius 3 is 1.85 bits per heavy atom. The highest BCUT2D eigenvalue weighted by Gasteiger charge is 1.78. The van der Waals surface area contributed by atoms with Crippen LogP contribution in [0.2, 0.25) is 0 Å². The number of hydrogen-bond acceptors (Lipinski definition) is 4. The molecule has 0 radical (unpaired) electrons. The lowest BCUT2D eigenvalue weighted by Crippen LogP contribution is -2.11. The van der Waals surface area contributed by atoms with Crippen LogP contribution in [0.5, 0.6) is 0 Å². The Bertz CT molecular complexity index is 163. The highest BCUT2D eigenvalue weighted by Crippen LogP contribution is 1.71. The molecule has 0 aliphatic rings. The topological polar surface area (TPSA) is 70.5 Å². The zero-order valence-corrected chi connectivity index (χ0v) is 8.41. The molecule has 0 aromatic rings. The second-order valence-corrected chi connectivity index (χ2v) is 2.25. The first-order valence-corrected chi connectivity index (χ1v) is 3.72. The molecule has 0 aromatic heterocycles. The zero-order valence-electron chi connectivity index (χ0n) is 6.78. The van der Waals surface area contributed by atoms with Crippen molar-refractivity contribution in [3.63, 3.8) is 0 Å². The predicted molar refractivity (Wildman–Crippen MR) is 63.5 cm³/mol. The molecule has 0 amide bonds. The molecule has 13 heavy (non-hydrogen) atoms. The molecule has 0 aliphatic heterocycles. The third-order valence-electron chi connectivity index (χ3n) is 0.545. The third-order valence-corrected chi connectivity index (χ3v) is 0.829. The maximum atomic E-state index is 4.94. The van der Waals surface area contributed by atoms with Crippen molar-refractivity contribution in [1.29, 1.82) is 0 Å². The van der Waals surface area contributed by atoms with Gasteiger partial charge >= 0.3 is 0 Å². The highest BCUT2D eigenvalue weighted by molar-refractivity contribution is 7.80. The van der Waals surface area contributed by atoms with Gasteiger partial charge in [0.05, 0.1) is 7.11 Å². The first-order valence-electron chi connectivity index (χ1n) is 2.91. The average Bonchev–Trinajstić information content (AvgIpc) is 2.02. The van der Waals surface area contributed by atoms with Crippen LogP contribution in [0, 0.1) is 0 Å². The third kappa shape index (κ3) is 35.3. The van der Waals surface area contributed by atoms with Crippen LogP contribution < -0.4 is 11.5 Å². The number of hydrogen-bond donors (Lipinski definition) is 2. The van der Waals surface area contributed by atoms with Crippen molar-refractivity contribution < 1.29 is 9.47 Å². The maximum Gasteiger partial charge on any atom is 0.254 e. The molecule has 4 nitrogen and oxygen atoms in total. The Labute approximate surface area is 89.9 Å². The second kappa shape index (κ2) is 13.7. The first-order chi connectivity index (χ1) is 5.54. The van der Waals surface area contributed by atoms with Gasteiger partial charge in [0.25, 0.3) is 10.3 Å². The van der Waals surface area contributed by atoms with E-state index in [0.717, 1.165) is 0 Å². The highest BCUT2D eigenvalue weighted by atomic mass is 32.1. The van der Waals surface area contributed by atoms with Crippen molar-refractivity contribution >= 4 is 34.8 Å². The molecular formula is C7H16N2O2S2. The number of nitrogens with two attached hydrogens (primary N) is 2. The van der Waals surface area contributed by atoms with E-state index in [1.165, 1.54) is 7.11 Å². The Balaban J connectivity index is -0.000000150. The van der Waals surface area contributed by atoms with Crippen LogP contribution in [0.4, 0.5) is 0 Å². The van der Waals surface area contributed by atoms with Crippen molar-refractivity contribution in [1.82, 2.24) is 0 Å². The Hall–Kier alpha value is -0.880. The van der Waals surface area contributed by atoms with Crippen LogP contribution >= 0.6 is 24.4 Å². The van der Waals surface area contributed by atoms with Gasteiger partial charge < -0.3 is 20.9 Å². The van der Waals surface area contributed by atoms with E-state index in [1.807, 2.05) is 0 Å². The number of thiocarbonyl (C=S) groups is 2. The monoisotopic (exact) mass is 224 g/mol. The van der Waals surface area contributed by atoms with E-state index in [1.54, 1.807) is 6.08 Å². The first kappa shape index (κ1) is 18.0. The van der Waals surface area contributed by atoms with Crippen LogP contribution in [0.25, 0.3) is 0 Å². The molecule has 6 heteroatoms. The molecule has 0 heterocycles. The second-order valence-electron chi connectivity index (χ2n) is 1.44. The molecule has 0 spiro atoms. The summed E-state index contributed by atoms with van der Waals surface area (Å²) < 4.78 is 8.84. The standard InChI is InChI=1S/C4H7NOS.C2H5NOS.CH4/c1-2-3-6-4(5)7;1-4-2(3)5;/h2H,1,3H2,(H2,5,7);1H3,(H2,3,5);1H4. The van der Waals surface area contributed by atoms with Crippen LogP contribution in [-0.2, 0) is 9.47 Å². The van der Waals surface area contributed by atoms with Gasteiger partial charge in [-0.15, -0.1) is 0 Å². The summed E-state index contributed by atoms with van der Waals surface area (Å²) in [6.07, 6.45) is 1.58. The molecule has 0 unspecified atom stereocenters. The molecule has 0 fully saturated rings.